The Balaban J connectivity index is 0.000000124. The maximum absolute atomic E-state index is 12.9. The lowest BCUT2D eigenvalue weighted by Gasteiger charge is -2.34. The number of carbonyl (C=O) groups is 1. The van der Waals surface area contributed by atoms with E-state index in [0.717, 1.165) is 68.2 Å². The quantitative estimate of drug-likeness (QED) is 0.0626. The summed E-state index contributed by atoms with van der Waals surface area (Å²) in [5.41, 5.74) is 30.1. The van der Waals surface area contributed by atoms with Gasteiger partial charge in [0.25, 0.3) is 0 Å². The Morgan fingerprint density at radius 1 is 0.205 bits per heavy atom. The molecule has 0 spiro atoms. The van der Waals surface area contributed by atoms with Crippen LogP contribution >= 0.6 is 0 Å². The molecule has 3 aliphatic rings. The van der Waals surface area contributed by atoms with Crippen molar-refractivity contribution < 1.29 is 33.2 Å². The number of ether oxygens (including phenoxy) is 6. The summed E-state index contributed by atoms with van der Waals surface area (Å²) >= 11 is 0. The summed E-state index contributed by atoms with van der Waals surface area (Å²) in [7, 11) is 5.11. The van der Waals surface area contributed by atoms with Gasteiger partial charge in [0.05, 0.1) is 37.6 Å². The standard InChI is InChI=1S/C41H30O2.C40H30O3.C39H30O2/c1-29-11-13-30(14-12-29)15-16-31-17-23-35(24-18-31)43-36-27-21-33(22-28-36)41(32-19-25-34(42-2)26-20-32)39-9-5-3-7-37(39)38-8-4-6-10-40(38)41;1-27-11-13-28(14-12-27)39(41)29-15-21-33(22-16-29)43-34-25-19-31(20-26-34)40(30-17-23-32(42-2)24-18-30)37-9-5-3-7-35(37)36-8-4-6-10-38(36)40;1-27-11-13-28(14-12-27)29-15-21-33(22-16-29)41-34-25-19-31(20-26-34)39(30-17-23-32(40-2)24-18-30)37-9-5-3-7-35(37)36-8-4-6-10-38(36)39/h3-14,17-28H,1-2H3;3-26H,1-2H3;3-26H,1-2H3. The first-order valence-electron chi connectivity index (χ1n) is 42.8. The number of hydrogen-bond acceptors (Lipinski definition) is 7. The molecule has 7 nitrogen and oxygen atoms in total. The van der Waals surface area contributed by atoms with E-state index in [-0.39, 0.29) is 5.78 Å². The molecule has 0 saturated carbocycles. The van der Waals surface area contributed by atoms with Gasteiger partial charge in [-0.1, -0.05) is 320 Å². The first kappa shape index (κ1) is 80.7. The first-order valence-corrected chi connectivity index (χ1v) is 42.8. The zero-order chi connectivity index (χ0) is 86.4. The maximum atomic E-state index is 12.9. The summed E-state index contributed by atoms with van der Waals surface area (Å²) in [4.78, 5) is 12.9. The highest BCUT2D eigenvalue weighted by Crippen LogP contribution is 2.60. The summed E-state index contributed by atoms with van der Waals surface area (Å²) in [5.74, 6) is 13.6. The molecule has 0 unspecified atom stereocenters. The molecule has 0 saturated heterocycles. The van der Waals surface area contributed by atoms with Gasteiger partial charge in [0, 0.05) is 22.3 Å². The molecule has 127 heavy (non-hydrogen) atoms. The van der Waals surface area contributed by atoms with Crippen LogP contribution in [0.15, 0.2) is 437 Å². The minimum Gasteiger partial charge on any atom is -0.497 e. The van der Waals surface area contributed by atoms with Gasteiger partial charge in [0.15, 0.2) is 5.78 Å². The Morgan fingerprint density at radius 3 is 0.638 bits per heavy atom. The van der Waals surface area contributed by atoms with Gasteiger partial charge in [-0.2, -0.15) is 0 Å². The molecule has 612 valence electrons. The van der Waals surface area contributed by atoms with Crippen LogP contribution in [0.4, 0.5) is 0 Å². The lowest BCUT2D eigenvalue weighted by atomic mass is 9.68. The molecule has 0 amide bonds. The van der Waals surface area contributed by atoms with Crippen molar-refractivity contribution in [1.82, 2.24) is 0 Å². The predicted octanol–water partition coefficient (Wildman–Crippen LogP) is 28.8. The third kappa shape index (κ3) is 15.4. The van der Waals surface area contributed by atoms with Crippen molar-refractivity contribution >= 4 is 5.78 Å². The van der Waals surface area contributed by atoms with Crippen molar-refractivity contribution in [3.05, 3.63) is 542 Å². The van der Waals surface area contributed by atoms with E-state index in [1.165, 1.54) is 117 Å². The highest BCUT2D eigenvalue weighted by molar-refractivity contribution is 6.09. The number of aryl methyl sites for hydroxylation is 3. The van der Waals surface area contributed by atoms with Crippen molar-refractivity contribution in [2.75, 3.05) is 21.3 Å². The molecule has 0 atom stereocenters. The third-order valence-corrected chi connectivity index (χ3v) is 24.9. The zero-order valence-electron chi connectivity index (χ0n) is 71.4. The number of ketones is 1. The van der Waals surface area contributed by atoms with Gasteiger partial charge in [0.2, 0.25) is 0 Å². The lowest BCUT2D eigenvalue weighted by molar-refractivity contribution is 0.103. The van der Waals surface area contributed by atoms with Gasteiger partial charge in [-0.05, 0) is 278 Å². The molecule has 0 radical (unpaired) electrons. The van der Waals surface area contributed by atoms with Crippen molar-refractivity contribution in [3.8, 4) is 108 Å². The van der Waals surface area contributed by atoms with Crippen LogP contribution in [-0.4, -0.2) is 27.1 Å². The molecular weight excluding hydrogens is 1550 g/mol. The van der Waals surface area contributed by atoms with E-state index in [2.05, 4.69) is 329 Å². The van der Waals surface area contributed by atoms with Gasteiger partial charge in [0.1, 0.15) is 51.7 Å². The molecular formula is C120H90O7. The van der Waals surface area contributed by atoms with Gasteiger partial charge in [-0.25, -0.2) is 0 Å². The monoisotopic (exact) mass is 1640 g/mol. The van der Waals surface area contributed by atoms with Crippen molar-refractivity contribution in [2.45, 2.75) is 37.0 Å². The van der Waals surface area contributed by atoms with Crippen LogP contribution in [-0.2, 0) is 16.2 Å². The highest BCUT2D eigenvalue weighted by Gasteiger charge is 2.49. The van der Waals surface area contributed by atoms with E-state index in [9.17, 15) is 4.79 Å². The van der Waals surface area contributed by atoms with E-state index in [0.29, 0.717) is 16.9 Å². The Labute approximate surface area is 743 Å². The molecule has 0 aromatic heterocycles. The average Bonchev–Trinajstić information content (AvgIpc) is 1.59. The fraction of sp³-hybridized carbons (Fsp3) is 0.0750. The fourth-order valence-electron chi connectivity index (χ4n) is 18.7. The minimum atomic E-state index is -0.490. The molecule has 0 aliphatic heterocycles. The molecule has 18 aromatic carbocycles. The van der Waals surface area contributed by atoms with Gasteiger partial charge < -0.3 is 28.4 Å². The number of carbonyl (C=O) groups excluding carboxylic acids is 1. The van der Waals surface area contributed by atoms with Crippen LogP contribution in [0, 0.1) is 32.6 Å². The summed E-state index contributed by atoms with van der Waals surface area (Å²) in [6.07, 6.45) is 0. The summed E-state index contributed by atoms with van der Waals surface area (Å²) in [5, 5.41) is 0. The van der Waals surface area contributed by atoms with Gasteiger partial charge >= 0.3 is 0 Å². The van der Waals surface area contributed by atoms with Gasteiger partial charge in [-0.15, -0.1) is 0 Å². The average molecular weight is 1640 g/mol. The zero-order valence-corrected chi connectivity index (χ0v) is 71.4. The number of benzene rings is 18. The van der Waals surface area contributed by atoms with Gasteiger partial charge in [-0.3, -0.25) is 4.79 Å². The van der Waals surface area contributed by atoms with E-state index in [1.54, 1.807) is 21.3 Å². The van der Waals surface area contributed by atoms with Crippen molar-refractivity contribution in [1.29, 1.82) is 0 Å². The van der Waals surface area contributed by atoms with Crippen LogP contribution in [0.2, 0.25) is 0 Å². The first-order chi connectivity index (χ1) is 62.4. The molecule has 0 fully saturated rings. The molecule has 3 aliphatic carbocycles. The van der Waals surface area contributed by atoms with E-state index in [1.807, 2.05) is 140 Å². The molecule has 0 N–H and O–H groups in total. The second-order valence-corrected chi connectivity index (χ2v) is 32.3. The van der Waals surface area contributed by atoms with Crippen LogP contribution in [0.1, 0.15) is 111 Å². The molecule has 0 bridgehead atoms. The topological polar surface area (TPSA) is 72.5 Å². The molecule has 7 heteroatoms. The van der Waals surface area contributed by atoms with E-state index >= 15 is 0 Å². The summed E-state index contributed by atoms with van der Waals surface area (Å²) in [6.45, 7) is 6.20. The molecule has 18 aromatic rings. The largest absolute Gasteiger partial charge is 0.497 e. The Morgan fingerprint density at radius 2 is 0.386 bits per heavy atom. The van der Waals surface area contributed by atoms with E-state index in [4.69, 9.17) is 28.4 Å². The number of hydrogen-bond donors (Lipinski definition) is 0. The lowest BCUT2D eigenvalue weighted by Crippen LogP contribution is -2.28. The van der Waals surface area contributed by atoms with Crippen LogP contribution in [0.25, 0.3) is 44.5 Å². The second kappa shape index (κ2) is 35.1. The molecule has 21 rings (SSSR count). The summed E-state index contributed by atoms with van der Waals surface area (Å²) < 4.78 is 35.3. The minimum absolute atomic E-state index is 0.00291. The number of fused-ring (bicyclic) bond motifs is 9. The normalized spacial score (nSPS) is 12.6. The fourth-order valence-corrected chi connectivity index (χ4v) is 18.7. The predicted molar refractivity (Wildman–Crippen MR) is 512 cm³/mol. The number of rotatable bonds is 18. The smallest absolute Gasteiger partial charge is 0.193 e. The molecule has 0 heterocycles. The van der Waals surface area contributed by atoms with E-state index < -0.39 is 16.2 Å². The van der Waals surface area contributed by atoms with Crippen LogP contribution in [0.5, 0.6) is 51.7 Å². The SMILES string of the molecule is COc1ccc(C2(c3ccc(Oc4ccc(-c5ccc(C)cc5)cc4)cc3)c3ccccc3-c3ccccc32)cc1.COc1ccc(C2(c3ccc(Oc4ccc(C#Cc5ccc(C)cc5)cc4)cc3)c3ccccc3-c3ccccc32)cc1.COc1ccc(C2(c3ccc(Oc4ccc(C(=O)c5ccc(C)cc5)cc4)cc3)c3ccccc3-c3ccccc32)cc1. The third-order valence-electron chi connectivity index (χ3n) is 24.9. The highest BCUT2D eigenvalue weighted by atomic mass is 16.5. The number of methoxy groups -OCH3 is 3. The van der Waals surface area contributed by atoms with Crippen LogP contribution < -0.4 is 28.4 Å². The van der Waals surface area contributed by atoms with Crippen molar-refractivity contribution in [2.24, 2.45) is 0 Å². The summed E-state index contributed by atoms with van der Waals surface area (Å²) in [6, 6.07) is 151. The maximum Gasteiger partial charge on any atom is 0.193 e. The second-order valence-electron chi connectivity index (χ2n) is 32.3. The van der Waals surface area contributed by atoms with Crippen LogP contribution in [0.3, 0.4) is 0 Å². The Bertz CT molecular complexity index is 6910. The Hall–Kier alpha value is -16.0. The Kier molecular flexibility index (Phi) is 22.3. The van der Waals surface area contributed by atoms with Crippen molar-refractivity contribution in [3.63, 3.8) is 0 Å².